The first kappa shape index (κ1) is 16.0. The number of hydrogen-bond acceptors (Lipinski definition) is 4. The number of rotatable bonds is 5. The third-order valence-electron chi connectivity index (χ3n) is 3.73. The van der Waals surface area contributed by atoms with Crippen molar-refractivity contribution in [1.82, 2.24) is 0 Å². The van der Waals surface area contributed by atoms with Crippen LogP contribution in [-0.4, -0.2) is 30.2 Å². The summed E-state index contributed by atoms with van der Waals surface area (Å²) in [6, 6.07) is 7.06. The van der Waals surface area contributed by atoms with Crippen LogP contribution in [0.25, 0.3) is 0 Å². The van der Waals surface area contributed by atoms with Gasteiger partial charge in [-0.25, -0.2) is 0 Å². The molecule has 0 amide bonds. The minimum atomic E-state index is 0.129. The van der Waals surface area contributed by atoms with Crippen LogP contribution in [0.15, 0.2) is 52.7 Å². The van der Waals surface area contributed by atoms with Crippen molar-refractivity contribution >= 4 is 11.4 Å². The van der Waals surface area contributed by atoms with E-state index in [1.165, 1.54) is 5.57 Å². The summed E-state index contributed by atoms with van der Waals surface area (Å²) in [5.41, 5.74) is 3.64. The first-order chi connectivity index (χ1) is 10.5. The maximum absolute atomic E-state index is 9.48. The molecule has 116 valence electrons. The molecule has 0 saturated carbocycles. The molecule has 0 saturated heterocycles. The van der Waals surface area contributed by atoms with Crippen molar-refractivity contribution in [2.24, 2.45) is 10.9 Å². The lowest BCUT2D eigenvalue weighted by atomic mass is 9.84. The van der Waals surface area contributed by atoms with Gasteiger partial charge in [-0.05, 0) is 49.8 Å². The molecule has 1 aliphatic rings. The van der Waals surface area contributed by atoms with Crippen molar-refractivity contribution in [2.45, 2.75) is 20.3 Å². The highest BCUT2D eigenvalue weighted by Gasteiger charge is 2.23. The lowest BCUT2D eigenvalue weighted by Gasteiger charge is -2.24. The van der Waals surface area contributed by atoms with Gasteiger partial charge in [-0.15, -0.1) is 0 Å². The summed E-state index contributed by atoms with van der Waals surface area (Å²) in [6.45, 7) is 4.22. The molecule has 0 radical (unpaired) electrons. The van der Waals surface area contributed by atoms with E-state index in [1.54, 1.807) is 26.2 Å². The molecule has 22 heavy (non-hydrogen) atoms. The molecule has 0 spiro atoms. The SMILES string of the molecule is COC1=CC=C(C)C(C(=NCC(C)=N)c2ccc(O)cc2)C1. The molecular formula is C18H22N2O2. The normalized spacial score (nSPS) is 18.5. The van der Waals surface area contributed by atoms with Gasteiger partial charge in [-0.2, -0.15) is 0 Å². The summed E-state index contributed by atoms with van der Waals surface area (Å²) < 4.78 is 5.38. The second-order valence-corrected chi connectivity index (χ2v) is 5.53. The van der Waals surface area contributed by atoms with Gasteiger partial charge in [-0.3, -0.25) is 4.99 Å². The van der Waals surface area contributed by atoms with Gasteiger partial charge in [0.1, 0.15) is 5.75 Å². The molecule has 1 aromatic rings. The van der Waals surface area contributed by atoms with E-state index in [1.807, 2.05) is 18.2 Å². The zero-order valence-corrected chi connectivity index (χ0v) is 13.3. The Labute approximate surface area is 131 Å². The Kier molecular flexibility index (Phi) is 5.15. The molecule has 2 N–H and O–H groups in total. The lowest BCUT2D eigenvalue weighted by Crippen LogP contribution is -2.21. The third kappa shape index (κ3) is 3.85. The molecule has 0 fully saturated rings. The minimum Gasteiger partial charge on any atom is -0.508 e. The van der Waals surface area contributed by atoms with E-state index in [9.17, 15) is 5.11 Å². The Bertz CT molecular complexity index is 640. The fourth-order valence-corrected chi connectivity index (χ4v) is 2.47. The molecule has 4 nitrogen and oxygen atoms in total. The van der Waals surface area contributed by atoms with Crippen LogP contribution < -0.4 is 0 Å². The van der Waals surface area contributed by atoms with Crippen LogP contribution in [0.5, 0.6) is 5.75 Å². The summed E-state index contributed by atoms with van der Waals surface area (Å²) in [5.74, 6) is 1.29. The Morgan fingerprint density at radius 3 is 2.59 bits per heavy atom. The van der Waals surface area contributed by atoms with Gasteiger partial charge in [0.2, 0.25) is 0 Å². The molecule has 4 heteroatoms. The number of allylic oxidation sites excluding steroid dienone is 4. The smallest absolute Gasteiger partial charge is 0.115 e. The Morgan fingerprint density at radius 1 is 1.32 bits per heavy atom. The van der Waals surface area contributed by atoms with Gasteiger partial charge < -0.3 is 15.3 Å². The van der Waals surface area contributed by atoms with Crippen molar-refractivity contribution < 1.29 is 9.84 Å². The van der Waals surface area contributed by atoms with Gasteiger partial charge in [-0.1, -0.05) is 11.6 Å². The van der Waals surface area contributed by atoms with E-state index >= 15 is 0 Å². The molecule has 0 aromatic heterocycles. The minimum absolute atomic E-state index is 0.129. The van der Waals surface area contributed by atoms with Crippen LogP contribution in [0.4, 0.5) is 0 Å². The summed E-state index contributed by atoms with van der Waals surface area (Å²) in [5, 5.41) is 17.1. The molecule has 1 atom stereocenters. The predicted octanol–water partition coefficient (Wildman–Crippen LogP) is 3.72. The van der Waals surface area contributed by atoms with Crippen molar-refractivity contribution in [3.8, 4) is 5.75 Å². The second kappa shape index (κ2) is 7.07. The molecule has 0 heterocycles. The number of methoxy groups -OCH3 is 1. The van der Waals surface area contributed by atoms with Crippen molar-refractivity contribution in [3.05, 3.63) is 53.3 Å². The lowest BCUT2D eigenvalue weighted by molar-refractivity contribution is 0.270. The number of benzene rings is 1. The number of phenolic OH excluding ortho intramolecular Hbond substituents is 1. The molecule has 1 aliphatic carbocycles. The zero-order chi connectivity index (χ0) is 16.1. The highest BCUT2D eigenvalue weighted by atomic mass is 16.5. The Hall–Kier alpha value is -2.36. The van der Waals surface area contributed by atoms with Gasteiger partial charge in [0, 0.05) is 18.1 Å². The van der Waals surface area contributed by atoms with E-state index in [-0.39, 0.29) is 11.7 Å². The summed E-state index contributed by atoms with van der Waals surface area (Å²) >= 11 is 0. The van der Waals surface area contributed by atoms with E-state index < -0.39 is 0 Å². The first-order valence-electron chi connectivity index (χ1n) is 7.30. The molecule has 0 aliphatic heterocycles. The molecule has 2 rings (SSSR count). The molecular weight excluding hydrogens is 276 g/mol. The number of nitrogens with one attached hydrogen (secondary N) is 1. The maximum atomic E-state index is 9.48. The molecule has 1 aromatic carbocycles. The van der Waals surface area contributed by atoms with Gasteiger partial charge in [0.05, 0.1) is 25.1 Å². The summed E-state index contributed by atoms with van der Waals surface area (Å²) in [6.07, 6.45) is 4.80. The number of aromatic hydroxyl groups is 1. The van der Waals surface area contributed by atoms with Crippen LogP contribution in [-0.2, 0) is 4.74 Å². The summed E-state index contributed by atoms with van der Waals surface area (Å²) in [7, 11) is 1.68. The Morgan fingerprint density at radius 2 is 2.00 bits per heavy atom. The average molecular weight is 298 g/mol. The van der Waals surface area contributed by atoms with Crippen LogP contribution in [0.1, 0.15) is 25.8 Å². The average Bonchev–Trinajstić information content (AvgIpc) is 2.50. The monoisotopic (exact) mass is 298 g/mol. The van der Waals surface area contributed by atoms with Crippen molar-refractivity contribution in [1.29, 1.82) is 5.41 Å². The molecule has 0 bridgehead atoms. The van der Waals surface area contributed by atoms with Gasteiger partial charge in [0.15, 0.2) is 0 Å². The fraction of sp³-hybridized carbons (Fsp3) is 0.333. The topological polar surface area (TPSA) is 65.7 Å². The van der Waals surface area contributed by atoms with Crippen molar-refractivity contribution in [2.75, 3.05) is 13.7 Å². The Balaban J connectivity index is 2.39. The standard InChI is InChI=1S/C18H22N2O2/c1-12-4-9-16(22-3)10-17(12)18(20-11-13(2)19)14-5-7-15(21)8-6-14/h4-9,17,19,21H,10-11H2,1-3H3. The van der Waals surface area contributed by atoms with E-state index in [4.69, 9.17) is 10.1 Å². The van der Waals surface area contributed by atoms with E-state index in [0.717, 1.165) is 23.5 Å². The van der Waals surface area contributed by atoms with Gasteiger partial charge in [0.25, 0.3) is 0 Å². The largest absolute Gasteiger partial charge is 0.508 e. The number of hydrogen-bond donors (Lipinski definition) is 2. The fourth-order valence-electron chi connectivity index (χ4n) is 2.47. The number of nitrogens with zero attached hydrogens (tertiary/aromatic N) is 1. The molecule has 1 unspecified atom stereocenters. The number of ether oxygens (including phenoxy) is 1. The van der Waals surface area contributed by atoms with E-state index in [2.05, 4.69) is 18.0 Å². The number of aliphatic imine (C=N–C) groups is 1. The highest BCUT2D eigenvalue weighted by Crippen LogP contribution is 2.29. The zero-order valence-electron chi connectivity index (χ0n) is 13.3. The highest BCUT2D eigenvalue weighted by molar-refractivity contribution is 6.05. The quantitative estimate of drug-likeness (QED) is 0.814. The van der Waals surface area contributed by atoms with Crippen molar-refractivity contribution in [3.63, 3.8) is 0 Å². The van der Waals surface area contributed by atoms with Gasteiger partial charge >= 0.3 is 0 Å². The third-order valence-corrected chi connectivity index (χ3v) is 3.73. The first-order valence-corrected chi connectivity index (χ1v) is 7.30. The predicted molar refractivity (Wildman–Crippen MR) is 89.9 cm³/mol. The van der Waals surface area contributed by atoms with Crippen LogP contribution in [0.3, 0.4) is 0 Å². The van der Waals surface area contributed by atoms with Crippen LogP contribution >= 0.6 is 0 Å². The van der Waals surface area contributed by atoms with Crippen LogP contribution in [0, 0.1) is 11.3 Å². The maximum Gasteiger partial charge on any atom is 0.115 e. The summed E-state index contributed by atoms with van der Waals surface area (Å²) in [4.78, 5) is 4.65. The van der Waals surface area contributed by atoms with Crippen LogP contribution in [0.2, 0.25) is 0 Å². The number of phenols is 1. The second-order valence-electron chi connectivity index (χ2n) is 5.53. The van der Waals surface area contributed by atoms with E-state index in [0.29, 0.717) is 12.3 Å².